The summed E-state index contributed by atoms with van der Waals surface area (Å²) in [6.45, 7) is 8.13. The van der Waals surface area contributed by atoms with Gasteiger partial charge in [0.25, 0.3) is 0 Å². The molecule has 0 fully saturated rings. The number of hydrogen-bond donors (Lipinski definition) is 1. The lowest BCUT2D eigenvalue weighted by Crippen LogP contribution is -2.12. The highest BCUT2D eigenvalue weighted by Gasteiger charge is 2.09. The molecule has 2 N–H and O–H groups in total. The number of nitrogen functional groups attached to an aromatic ring is 1. The summed E-state index contributed by atoms with van der Waals surface area (Å²) in [5, 5.41) is 0. The number of anilines is 1. The van der Waals surface area contributed by atoms with E-state index in [1.54, 1.807) is 6.07 Å². The average Bonchev–Trinajstić information content (AvgIpc) is 2.16. The van der Waals surface area contributed by atoms with Crippen molar-refractivity contribution in [3.8, 4) is 5.88 Å². The maximum Gasteiger partial charge on any atom is 0.218 e. The molecule has 84 valence electrons. The van der Waals surface area contributed by atoms with Crippen molar-refractivity contribution in [3.63, 3.8) is 0 Å². The monoisotopic (exact) mass is 209 g/mol. The van der Waals surface area contributed by atoms with Gasteiger partial charge in [-0.05, 0) is 13.3 Å². The van der Waals surface area contributed by atoms with E-state index in [9.17, 15) is 0 Å². The molecule has 1 aromatic rings. The molecule has 0 spiro atoms. The van der Waals surface area contributed by atoms with E-state index in [0.717, 1.165) is 12.2 Å². The van der Waals surface area contributed by atoms with Gasteiger partial charge in [-0.3, -0.25) is 0 Å². The fraction of sp³-hybridized carbons (Fsp3) is 0.636. The van der Waals surface area contributed by atoms with Gasteiger partial charge < -0.3 is 10.5 Å². The average molecular weight is 209 g/mol. The first-order valence-corrected chi connectivity index (χ1v) is 5.34. The van der Waals surface area contributed by atoms with Gasteiger partial charge in [0.1, 0.15) is 11.6 Å². The highest BCUT2D eigenvalue weighted by Crippen LogP contribution is 2.17. The predicted molar refractivity (Wildman–Crippen MR) is 60.9 cm³/mol. The Kier molecular flexibility index (Phi) is 3.88. The Morgan fingerprint density at radius 1 is 1.33 bits per heavy atom. The number of rotatable bonds is 4. The van der Waals surface area contributed by atoms with Crippen LogP contribution in [0.4, 0.5) is 5.82 Å². The normalized spacial score (nSPS) is 12.9. The van der Waals surface area contributed by atoms with E-state index in [2.05, 4.69) is 16.9 Å². The molecule has 4 nitrogen and oxygen atoms in total. The van der Waals surface area contributed by atoms with E-state index in [1.807, 2.05) is 20.8 Å². The summed E-state index contributed by atoms with van der Waals surface area (Å²) in [7, 11) is 0. The van der Waals surface area contributed by atoms with Gasteiger partial charge in [0, 0.05) is 12.0 Å². The van der Waals surface area contributed by atoms with E-state index < -0.39 is 0 Å². The number of nitrogens with two attached hydrogens (primary N) is 1. The van der Waals surface area contributed by atoms with Gasteiger partial charge in [-0.2, -0.15) is 4.98 Å². The molecule has 0 radical (unpaired) electrons. The highest BCUT2D eigenvalue weighted by atomic mass is 16.5. The van der Waals surface area contributed by atoms with Crippen LogP contribution in [0, 0.1) is 0 Å². The lowest BCUT2D eigenvalue weighted by Gasteiger charge is -2.13. The zero-order valence-electron chi connectivity index (χ0n) is 9.82. The lowest BCUT2D eigenvalue weighted by molar-refractivity contribution is 0.207. The molecule has 0 aliphatic carbocycles. The molecule has 0 amide bonds. The van der Waals surface area contributed by atoms with Gasteiger partial charge in [0.05, 0.1) is 6.10 Å². The standard InChI is InChI=1S/C11H19N3O/c1-5-8(4)15-10-6-9(12)13-11(14-10)7(2)3/h6-8H,5H2,1-4H3,(H2,12,13,14). The van der Waals surface area contributed by atoms with Crippen LogP contribution in [-0.4, -0.2) is 16.1 Å². The summed E-state index contributed by atoms with van der Waals surface area (Å²) in [5.41, 5.74) is 5.68. The fourth-order valence-electron chi connectivity index (χ4n) is 1.07. The van der Waals surface area contributed by atoms with Crippen LogP contribution in [-0.2, 0) is 0 Å². The Morgan fingerprint density at radius 2 is 2.00 bits per heavy atom. The predicted octanol–water partition coefficient (Wildman–Crippen LogP) is 2.36. The summed E-state index contributed by atoms with van der Waals surface area (Å²) in [6.07, 6.45) is 1.10. The van der Waals surface area contributed by atoms with Crippen molar-refractivity contribution in [1.29, 1.82) is 0 Å². The van der Waals surface area contributed by atoms with E-state index in [1.165, 1.54) is 0 Å². The van der Waals surface area contributed by atoms with Gasteiger partial charge in [-0.25, -0.2) is 4.98 Å². The minimum atomic E-state index is 0.152. The largest absolute Gasteiger partial charge is 0.475 e. The Hall–Kier alpha value is -1.32. The minimum Gasteiger partial charge on any atom is -0.475 e. The van der Waals surface area contributed by atoms with Crippen LogP contribution in [0.25, 0.3) is 0 Å². The van der Waals surface area contributed by atoms with Gasteiger partial charge in [-0.1, -0.05) is 20.8 Å². The maximum atomic E-state index is 5.68. The number of ether oxygens (including phenoxy) is 1. The zero-order valence-corrected chi connectivity index (χ0v) is 9.82. The molecule has 15 heavy (non-hydrogen) atoms. The summed E-state index contributed by atoms with van der Waals surface area (Å²) < 4.78 is 5.60. The summed E-state index contributed by atoms with van der Waals surface area (Å²) in [6, 6.07) is 1.66. The molecule has 1 aromatic heterocycles. The first-order chi connectivity index (χ1) is 7.02. The lowest BCUT2D eigenvalue weighted by atomic mass is 10.2. The van der Waals surface area contributed by atoms with Crippen LogP contribution in [0.15, 0.2) is 6.07 Å². The van der Waals surface area contributed by atoms with Crippen LogP contribution in [0.2, 0.25) is 0 Å². The molecule has 1 atom stereocenters. The third kappa shape index (κ3) is 3.38. The SMILES string of the molecule is CCC(C)Oc1cc(N)nc(C(C)C)n1. The van der Waals surface area contributed by atoms with E-state index >= 15 is 0 Å². The molecule has 1 rings (SSSR count). The third-order valence-corrected chi connectivity index (χ3v) is 2.15. The molecule has 0 bridgehead atoms. The Labute approximate surface area is 90.9 Å². The van der Waals surface area contributed by atoms with E-state index in [4.69, 9.17) is 10.5 Å². The van der Waals surface area contributed by atoms with Gasteiger partial charge in [0.2, 0.25) is 5.88 Å². The second-order valence-electron chi connectivity index (χ2n) is 3.98. The molecule has 0 aromatic carbocycles. The van der Waals surface area contributed by atoms with Crippen LogP contribution in [0.5, 0.6) is 5.88 Å². The van der Waals surface area contributed by atoms with Crippen molar-refractivity contribution in [2.75, 3.05) is 5.73 Å². The van der Waals surface area contributed by atoms with Crippen molar-refractivity contribution >= 4 is 5.82 Å². The maximum absolute atomic E-state index is 5.68. The molecule has 0 aliphatic heterocycles. The van der Waals surface area contributed by atoms with E-state index in [0.29, 0.717) is 11.7 Å². The van der Waals surface area contributed by atoms with Crippen LogP contribution < -0.4 is 10.5 Å². The minimum absolute atomic E-state index is 0.152. The third-order valence-electron chi connectivity index (χ3n) is 2.15. The van der Waals surface area contributed by atoms with Gasteiger partial charge in [0.15, 0.2) is 0 Å². The van der Waals surface area contributed by atoms with Gasteiger partial charge >= 0.3 is 0 Å². The molecule has 4 heteroatoms. The van der Waals surface area contributed by atoms with Crippen molar-refractivity contribution in [2.45, 2.75) is 46.1 Å². The topological polar surface area (TPSA) is 61.0 Å². The van der Waals surface area contributed by atoms with Crippen LogP contribution >= 0.6 is 0 Å². The first-order valence-electron chi connectivity index (χ1n) is 5.34. The molecule has 0 aliphatic rings. The molecular weight excluding hydrogens is 190 g/mol. The molecular formula is C11H19N3O. The summed E-state index contributed by atoms with van der Waals surface area (Å²) in [5.74, 6) is 2.02. The Morgan fingerprint density at radius 3 is 2.53 bits per heavy atom. The smallest absolute Gasteiger partial charge is 0.218 e. The molecule has 1 unspecified atom stereocenters. The summed E-state index contributed by atoms with van der Waals surface area (Å²) in [4.78, 5) is 8.46. The number of hydrogen-bond acceptors (Lipinski definition) is 4. The summed E-state index contributed by atoms with van der Waals surface area (Å²) >= 11 is 0. The van der Waals surface area contributed by atoms with Crippen molar-refractivity contribution in [2.24, 2.45) is 0 Å². The zero-order chi connectivity index (χ0) is 11.4. The fourth-order valence-corrected chi connectivity index (χ4v) is 1.07. The Bertz CT molecular complexity index is 326. The van der Waals surface area contributed by atoms with Crippen LogP contribution in [0.3, 0.4) is 0 Å². The van der Waals surface area contributed by atoms with Crippen molar-refractivity contribution in [1.82, 2.24) is 9.97 Å². The van der Waals surface area contributed by atoms with Crippen molar-refractivity contribution < 1.29 is 4.74 Å². The Balaban J connectivity index is 2.88. The number of nitrogens with zero attached hydrogens (tertiary/aromatic N) is 2. The molecule has 0 saturated carbocycles. The number of aromatic nitrogens is 2. The molecule has 0 saturated heterocycles. The van der Waals surface area contributed by atoms with Crippen LogP contribution in [0.1, 0.15) is 45.9 Å². The van der Waals surface area contributed by atoms with E-state index in [-0.39, 0.29) is 12.0 Å². The quantitative estimate of drug-likeness (QED) is 0.827. The van der Waals surface area contributed by atoms with Crippen molar-refractivity contribution in [3.05, 3.63) is 11.9 Å². The second-order valence-corrected chi connectivity index (χ2v) is 3.98. The second kappa shape index (κ2) is 4.96. The highest BCUT2D eigenvalue weighted by molar-refractivity contribution is 5.33. The van der Waals surface area contributed by atoms with Gasteiger partial charge in [-0.15, -0.1) is 0 Å². The first kappa shape index (κ1) is 11.8. The molecule has 1 heterocycles.